The van der Waals surface area contributed by atoms with Gasteiger partial charge in [0.05, 0.1) is 0 Å². The van der Waals surface area contributed by atoms with E-state index in [4.69, 9.17) is 9.84 Å². The van der Waals surface area contributed by atoms with Crippen LogP contribution in [0.15, 0.2) is 48.5 Å². The first kappa shape index (κ1) is 21.8. The topological polar surface area (TPSA) is 114 Å². The zero-order valence-electron chi connectivity index (χ0n) is 17.6. The fourth-order valence-electron chi connectivity index (χ4n) is 4.30. The maximum absolute atomic E-state index is 12.4. The first-order chi connectivity index (χ1) is 15.5. The predicted octanol–water partition coefficient (Wildman–Crippen LogP) is 3.07. The molecule has 2 aliphatic carbocycles. The number of nitrogens with one attached hydrogen (secondary N) is 2. The second-order valence-corrected chi connectivity index (χ2v) is 8.22. The summed E-state index contributed by atoms with van der Waals surface area (Å²) in [5.41, 5.74) is 6.77. The van der Waals surface area contributed by atoms with Gasteiger partial charge in [0.2, 0.25) is 5.91 Å². The number of hydrogen-bond acceptors (Lipinski definition) is 5. The number of carboxylic acids is 1. The summed E-state index contributed by atoms with van der Waals surface area (Å²) in [7, 11) is 0. The molecule has 1 fully saturated rings. The number of hydrogen-bond donors (Lipinski definition) is 3. The summed E-state index contributed by atoms with van der Waals surface area (Å²) in [6.45, 7) is -0.0526. The van der Waals surface area contributed by atoms with E-state index in [1.54, 1.807) is 0 Å². The van der Waals surface area contributed by atoms with Crippen LogP contribution in [0.1, 0.15) is 36.3 Å². The van der Waals surface area contributed by atoms with Gasteiger partial charge in [-0.3, -0.25) is 9.63 Å². The van der Waals surface area contributed by atoms with Crippen molar-refractivity contribution in [3.05, 3.63) is 59.7 Å². The Balaban J connectivity index is 1.28. The third kappa shape index (κ3) is 5.26. The molecule has 2 aliphatic rings. The third-order valence-electron chi connectivity index (χ3n) is 5.97. The number of carboxylic acid groups (broad SMARTS) is 1. The minimum atomic E-state index is -1.17. The number of carbonyl (C=O) groups is 3. The van der Waals surface area contributed by atoms with Gasteiger partial charge in [0.1, 0.15) is 6.61 Å². The van der Waals surface area contributed by atoms with Crippen LogP contribution in [0.4, 0.5) is 4.79 Å². The van der Waals surface area contributed by atoms with Crippen LogP contribution in [0.25, 0.3) is 11.1 Å². The van der Waals surface area contributed by atoms with E-state index in [9.17, 15) is 14.4 Å². The van der Waals surface area contributed by atoms with Gasteiger partial charge >= 0.3 is 12.1 Å². The molecule has 1 saturated carbocycles. The van der Waals surface area contributed by atoms with Gasteiger partial charge in [-0.15, -0.1) is 0 Å². The quantitative estimate of drug-likeness (QED) is 0.491. The first-order valence-electron chi connectivity index (χ1n) is 10.7. The van der Waals surface area contributed by atoms with Crippen molar-refractivity contribution in [1.29, 1.82) is 0 Å². The molecule has 1 atom stereocenters. The van der Waals surface area contributed by atoms with Gasteiger partial charge in [-0.2, -0.15) is 0 Å². The van der Waals surface area contributed by atoms with E-state index in [-0.39, 0.29) is 24.9 Å². The van der Waals surface area contributed by atoms with E-state index < -0.39 is 24.6 Å². The van der Waals surface area contributed by atoms with Crippen molar-refractivity contribution in [2.45, 2.75) is 25.2 Å². The fraction of sp³-hybridized carbons (Fsp3) is 0.375. The number of carbonyl (C=O) groups excluding carboxylic acids is 2. The molecular formula is C24H26N2O6. The van der Waals surface area contributed by atoms with E-state index in [0.29, 0.717) is 12.5 Å². The molecule has 2 amide bonds. The number of hydroxylamine groups is 1. The van der Waals surface area contributed by atoms with Gasteiger partial charge in [0, 0.05) is 18.9 Å². The van der Waals surface area contributed by atoms with Crippen molar-refractivity contribution < 1.29 is 29.1 Å². The number of amides is 2. The van der Waals surface area contributed by atoms with Crippen LogP contribution in [0.2, 0.25) is 0 Å². The van der Waals surface area contributed by atoms with Crippen LogP contribution in [0.5, 0.6) is 0 Å². The molecule has 0 heterocycles. The minimum Gasteiger partial charge on any atom is -0.479 e. The lowest BCUT2D eigenvalue weighted by Gasteiger charge is -2.18. The zero-order chi connectivity index (χ0) is 22.5. The summed E-state index contributed by atoms with van der Waals surface area (Å²) in [5.74, 6) is -1.28. The molecule has 8 nitrogen and oxygen atoms in total. The van der Waals surface area contributed by atoms with Crippen molar-refractivity contribution in [2.24, 2.45) is 11.8 Å². The highest BCUT2D eigenvalue weighted by atomic mass is 16.7. The van der Waals surface area contributed by atoms with Crippen molar-refractivity contribution in [1.82, 2.24) is 10.8 Å². The van der Waals surface area contributed by atoms with Gasteiger partial charge in [-0.25, -0.2) is 15.1 Å². The molecule has 32 heavy (non-hydrogen) atoms. The average molecular weight is 438 g/mol. The lowest BCUT2D eigenvalue weighted by atomic mass is 9.98. The van der Waals surface area contributed by atoms with Gasteiger partial charge in [0.15, 0.2) is 6.61 Å². The Hall–Kier alpha value is -3.39. The second kappa shape index (κ2) is 9.82. The Bertz CT molecular complexity index is 958. The largest absolute Gasteiger partial charge is 0.479 e. The van der Waals surface area contributed by atoms with Gasteiger partial charge in [0.25, 0.3) is 0 Å². The number of benzene rings is 2. The minimum absolute atomic E-state index is 0.00968. The summed E-state index contributed by atoms with van der Waals surface area (Å²) < 4.78 is 5.55. The summed E-state index contributed by atoms with van der Waals surface area (Å²) in [6.07, 6.45) is 1.63. The van der Waals surface area contributed by atoms with Crippen LogP contribution in [-0.2, 0) is 19.2 Å². The first-order valence-corrected chi connectivity index (χ1v) is 10.7. The molecule has 1 unspecified atom stereocenters. The van der Waals surface area contributed by atoms with Gasteiger partial charge in [-0.1, -0.05) is 48.5 Å². The third-order valence-corrected chi connectivity index (χ3v) is 5.97. The summed E-state index contributed by atoms with van der Waals surface area (Å²) in [5, 5.41) is 11.3. The standard InChI is InChI=1S/C24H26N2O6/c27-22(26-32-14-23(28)29)11-16(15-9-10-15)12-25-24(30)31-13-21-19-7-3-1-5-17(19)18-6-2-4-8-20(18)21/h1-8,15-16,21H,9-14H2,(H,25,30)(H,26,27)(H,28,29). The van der Waals surface area contributed by atoms with Crippen LogP contribution < -0.4 is 10.8 Å². The van der Waals surface area contributed by atoms with Crippen molar-refractivity contribution >= 4 is 18.0 Å². The number of fused-ring (bicyclic) bond motifs is 3. The SMILES string of the molecule is O=C(O)CONC(=O)CC(CNC(=O)OCC1c2ccccc2-c2ccccc21)C1CC1. The Morgan fingerprint density at radius 3 is 2.22 bits per heavy atom. The van der Waals surface area contributed by atoms with E-state index in [1.165, 1.54) is 11.1 Å². The summed E-state index contributed by atoms with van der Waals surface area (Å²) in [6, 6.07) is 16.3. The number of rotatable bonds is 10. The smallest absolute Gasteiger partial charge is 0.407 e. The monoisotopic (exact) mass is 438 g/mol. The van der Waals surface area contributed by atoms with Crippen LogP contribution in [-0.4, -0.2) is 42.8 Å². The van der Waals surface area contributed by atoms with Crippen LogP contribution in [0, 0.1) is 11.8 Å². The number of alkyl carbamates (subject to hydrolysis) is 1. The summed E-state index contributed by atoms with van der Waals surface area (Å²) >= 11 is 0. The van der Waals surface area contributed by atoms with Gasteiger partial charge < -0.3 is 15.2 Å². The van der Waals surface area contributed by atoms with Crippen LogP contribution >= 0.6 is 0 Å². The Morgan fingerprint density at radius 1 is 1.00 bits per heavy atom. The van der Waals surface area contributed by atoms with Gasteiger partial charge in [-0.05, 0) is 46.9 Å². The molecule has 0 aliphatic heterocycles. The average Bonchev–Trinajstić information content (AvgIpc) is 3.58. The molecule has 2 aromatic rings. The van der Waals surface area contributed by atoms with E-state index in [0.717, 1.165) is 24.0 Å². The van der Waals surface area contributed by atoms with Crippen molar-refractivity contribution in [2.75, 3.05) is 19.8 Å². The highest BCUT2D eigenvalue weighted by Gasteiger charge is 2.33. The fourth-order valence-corrected chi connectivity index (χ4v) is 4.30. The number of ether oxygens (including phenoxy) is 1. The lowest BCUT2D eigenvalue weighted by Crippen LogP contribution is -2.35. The Morgan fingerprint density at radius 2 is 1.62 bits per heavy atom. The molecule has 8 heteroatoms. The molecule has 0 bridgehead atoms. The molecule has 0 radical (unpaired) electrons. The predicted molar refractivity (Wildman–Crippen MR) is 116 cm³/mol. The summed E-state index contributed by atoms with van der Waals surface area (Å²) in [4.78, 5) is 39.4. The second-order valence-electron chi connectivity index (χ2n) is 8.22. The maximum Gasteiger partial charge on any atom is 0.407 e. The molecule has 0 aromatic heterocycles. The zero-order valence-corrected chi connectivity index (χ0v) is 17.6. The van der Waals surface area contributed by atoms with Crippen molar-refractivity contribution in [3.8, 4) is 11.1 Å². The maximum atomic E-state index is 12.4. The lowest BCUT2D eigenvalue weighted by molar-refractivity contribution is -0.149. The van der Waals surface area contributed by atoms with E-state index >= 15 is 0 Å². The van der Waals surface area contributed by atoms with E-state index in [2.05, 4.69) is 39.9 Å². The number of aliphatic carboxylic acids is 1. The molecule has 2 aromatic carbocycles. The highest BCUT2D eigenvalue weighted by Crippen LogP contribution is 2.44. The molecule has 0 spiro atoms. The van der Waals surface area contributed by atoms with Crippen LogP contribution in [0.3, 0.4) is 0 Å². The van der Waals surface area contributed by atoms with Crippen molar-refractivity contribution in [3.63, 3.8) is 0 Å². The highest BCUT2D eigenvalue weighted by molar-refractivity contribution is 5.79. The normalized spacial score (nSPS) is 15.4. The Labute approximate surface area is 185 Å². The molecule has 168 valence electrons. The molecular weight excluding hydrogens is 412 g/mol. The molecule has 3 N–H and O–H groups in total. The van der Waals surface area contributed by atoms with E-state index in [1.807, 2.05) is 24.3 Å². The molecule has 4 rings (SSSR count). The Kier molecular flexibility index (Phi) is 6.70. The molecule has 0 saturated heterocycles.